The third-order valence-corrected chi connectivity index (χ3v) is 5.21. The molecule has 2 heterocycles. The van der Waals surface area contributed by atoms with Gasteiger partial charge in [0.05, 0.1) is 11.4 Å². The minimum absolute atomic E-state index is 0.123. The molecule has 1 aromatic heterocycles. The van der Waals surface area contributed by atoms with Crippen molar-refractivity contribution in [3.8, 4) is 5.69 Å². The molecule has 1 fully saturated rings. The molecule has 32 heavy (non-hydrogen) atoms. The van der Waals surface area contributed by atoms with Crippen molar-refractivity contribution in [1.82, 2.24) is 14.7 Å². The number of hydrogen-bond donors (Lipinski definition) is 2. The second-order valence-corrected chi connectivity index (χ2v) is 7.49. The summed E-state index contributed by atoms with van der Waals surface area (Å²) < 4.78 is 15.5. The monoisotopic (exact) mass is 435 g/mol. The standard InChI is InChI=1S/C23H22FN5O3/c1-15-14-20(30)21(27-29(15)19-11-5-2-8-16(19)24)22(31)25-17-9-3-4-10-18(17)26-23(32)28-12-6-7-13-28/h2-5,8-11,14H,6-7,12-13H2,1H3,(H,25,31)(H,26,32). The van der Waals surface area contributed by atoms with Gasteiger partial charge in [-0.05, 0) is 44.0 Å². The third kappa shape index (κ3) is 4.36. The number of likely N-dealkylation sites (tertiary alicyclic amines) is 1. The Bertz CT molecular complexity index is 1230. The second-order valence-electron chi connectivity index (χ2n) is 7.49. The number of aromatic nitrogens is 2. The number of urea groups is 1. The lowest BCUT2D eigenvalue weighted by atomic mass is 10.2. The fraction of sp³-hybridized carbons (Fsp3) is 0.217. The molecule has 3 aromatic rings. The smallest absolute Gasteiger partial charge is 0.321 e. The van der Waals surface area contributed by atoms with Crippen LogP contribution in [0.15, 0.2) is 59.4 Å². The van der Waals surface area contributed by atoms with Gasteiger partial charge in [-0.25, -0.2) is 13.9 Å². The summed E-state index contributed by atoms with van der Waals surface area (Å²) in [6.07, 6.45) is 1.92. The number of halogens is 1. The molecule has 0 unspecified atom stereocenters. The van der Waals surface area contributed by atoms with E-state index in [1.807, 2.05) is 0 Å². The summed E-state index contributed by atoms with van der Waals surface area (Å²) in [5.41, 5.74) is 0.251. The highest BCUT2D eigenvalue weighted by molar-refractivity contribution is 6.06. The molecular formula is C23H22FN5O3. The quantitative estimate of drug-likeness (QED) is 0.655. The highest BCUT2D eigenvalue weighted by Gasteiger charge is 2.21. The minimum Gasteiger partial charge on any atom is -0.325 e. The Labute approximate surface area is 183 Å². The van der Waals surface area contributed by atoms with Crippen LogP contribution in [-0.2, 0) is 0 Å². The van der Waals surface area contributed by atoms with Crippen LogP contribution >= 0.6 is 0 Å². The Kier molecular flexibility index (Phi) is 5.98. The SMILES string of the molecule is Cc1cc(=O)c(C(=O)Nc2ccccc2NC(=O)N2CCCC2)nn1-c1ccccc1F. The number of para-hydroxylation sites is 3. The van der Waals surface area contributed by atoms with Gasteiger partial charge >= 0.3 is 6.03 Å². The van der Waals surface area contributed by atoms with Gasteiger partial charge in [0.15, 0.2) is 5.69 Å². The van der Waals surface area contributed by atoms with Crippen molar-refractivity contribution in [3.05, 3.63) is 82.0 Å². The van der Waals surface area contributed by atoms with E-state index in [0.717, 1.165) is 12.8 Å². The van der Waals surface area contributed by atoms with Crippen LogP contribution in [0.3, 0.4) is 0 Å². The maximum absolute atomic E-state index is 14.3. The first-order valence-corrected chi connectivity index (χ1v) is 10.3. The molecule has 0 radical (unpaired) electrons. The van der Waals surface area contributed by atoms with E-state index < -0.39 is 17.2 Å². The number of amides is 3. The number of nitrogens with zero attached hydrogens (tertiary/aromatic N) is 3. The maximum Gasteiger partial charge on any atom is 0.321 e. The maximum atomic E-state index is 14.3. The summed E-state index contributed by atoms with van der Waals surface area (Å²) in [4.78, 5) is 39.5. The van der Waals surface area contributed by atoms with Crippen molar-refractivity contribution in [1.29, 1.82) is 0 Å². The normalized spacial score (nSPS) is 13.1. The van der Waals surface area contributed by atoms with Crippen molar-refractivity contribution in [2.45, 2.75) is 19.8 Å². The van der Waals surface area contributed by atoms with Crippen molar-refractivity contribution in [3.63, 3.8) is 0 Å². The van der Waals surface area contributed by atoms with Crippen molar-refractivity contribution >= 4 is 23.3 Å². The molecule has 0 spiro atoms. The topological polar surface area (TPSA) is 96.3 Å². The highest BCUT2D eigenvalue weighted by Crippen LogP contribution is 2.23. The minimum atomic E-state index is -0.761. The molecular weight excluding hydrogens is 413 g/mol. The molecule has 4 rings (SSSR count). The molecule has 2 N–H and O–H groups in total. The van der Waals surface area contributed by atoms with Crippen LogP contribution in [0.2, 0.25) is 0 Å². The van der Waals surface area contributed by atoms with Crippen LogP contribution in [0.25, 0.3) is 5.69 Å². The number of hydrogen-bond acceptors (Lipinski definition) is 4. The van der Waals surface area contributed by atoms with E-state index in [2.05, 4.69) is 15.7 Å². The summed E-state index contributed by atoms with van der Waals surface area (Å²) in [7, 11) is 0. The fourth-order valence-corrected chi connectivity index (χ4v) is 3.57. The predicted octanol–water partition coefficient (Wildman–Crippen LogP) is 3.56. The van der Waals surface area contributed by atoms with E-state index in [-0.39, 0.29) is 17.4 Å². The Morgan fingerprint density at radius 2 is 1.59 bits per heavy atom. The van der Waals surface area contributed by atoms with Gasteiger partial charge in [-0.2, -0.15) is 5.10 Å². The van der Waals surface area contributed by atoms with Crippen LogP contribution in [0.4, 0.5) is 20.6 Å². The average Bonchev–Trinajstić information content (AvgIpc) is 3.31. The van der Waals surface area contributed by atoms with Gasteiger partial charge < -0.3 is 15.5 Å². The van der Waals surface area contributed by atoms with Crippen LogP contribution in [0, 0.1) is 12.7 Å². The van der Waals surface area contributed by atoms with Gasteiger partial charge in [-0.15, -0.1) is 0 Å². The van der Waals surface area contributed by atoms with Gasteiger partial charge in [0, 0.05) is 24.8 Å². The zero-order valence-corrected chi connectivity index (χ0v) is 17.5. The number of rotatable bonds is 4. The number of aryl methyl sites for hydroxylation is 1. The highest BCUT2D eigenvalue weighted by atomic mass is 19.1. The molecule has 0 aliphatic carbocycles. The number of anilines is 2. The summed E-state index contributed by atoms with van der Waals surface area (Å²) in [5.74, 6) is -1.30. The van der Waals surface area contributed by atoms with E-state index >= 15 is 0 Å². The summed E-state index contributed by atoms with van der Waals surface area (Å²) in [6, 6.07) is 13.6. The zero-order valence-electron chi connectivity index (χ0n) is 17.5. The predicted molar refractivity (Wildman–Crippen MR) is 119 cm³/mol. The van der Waals surface area contributed by atoms with Gasteiger partial charge in [-0.1, -0.05) is 24.3 Å². The van der Waals surface area contributed by atoms with E-state index in [4.69, 9.17) is 0 Å². The van der Waals surface area contributed by atoms with E-state index in [0.29, 0.717) is 30.2 Å². The largest absolute Gasteiger partial charge is 0.325 e. The molecule has 2 aromatic carbocycles. The third-order valence-electron chi connectivity index (χ3n) is 5.21. The molecule has 0 bridgehead atoms. The van der Waals surface area contributed by atoms with Crippen LogP contribution < -0.4 is 16.1 Å². The molecule has 1 aliphatic rings. The van der Waals surface area contributed by atoms with Gasteiger partial charge in [-0.3, -0.25) is 9.59 Å². The molecule has 3 amide bonds. The first-order valence-electron chi connectivity index (χ1n) is 10.3. The molecule has 1 aliphatic heterocycles. The zero-order chi connectivity index (χ0) is 22.7. The average molecular weight is 435 g/mol. The summed E-state index contributed by atoms with van der Waals surface area (Å²) in [6.45, 7) is 2.97. The number of carbonyl (C=O) groups excluding carboxylic acids is 2. The van der Waals surface area contributed by atoms with Crippen LogP contribution in [-0.4, -0.2) is 39.7 Å². The molecule has 164 valence electrons. The van der Waals surface area contributed by atoms with Crippen molar-refractivity contribution in [2.24, 2.45) is 0 Å². The molecule has 1 saturated heterocycles. The Balaban J connectivity index is 1.61. The fourth-order valence-electron chi connectivity index (χ4n) is 3.57. The second kappa shape index (κ2) is 9.01. The lowest BCUT2D eigenvalue weighted by molar-refractivity contribution is 0.101. The molecule has 8 nitrogen and oxygen atoms in total. The molecule has 0 saturated carbocycles. The number of nitrogens with one attached hydrogen (secondary N) is 2. The lowest BCUT2D eigenvalue weighted by Crippen LogP contribution is -2.32. The van der Waals surface area contributed by atoms with Gasteiger partial charge in [0.2, 0.25) is 5.43 Å². The van der Waals surface area contributed by atoms with Crippen LogP contribution in [0.1, 0.15) is 29.0 Å². The van der Waals surface area contributed by atoms with E-state index in [1.54, 1.807) is 42.2 Å². The Morgan fingerprint density at radius 3 is 2.28 bits per heavy atom. The van der Waals surface area contributed by atoms with E-state index in [9.17, 15) is 18.8 Å². The van der Waals surface area contributed by atoms with Crippen LogP contribution in [0.5, 0.6) is 0 Å². The Hall–Kier alpha value is -4.01. The molecule has 0 atom stereocenters. The first kappa shape index (κ1) is 21.2. The van der Waals surface area contributed by atoms with E-state index in [1.165, 1.54) is 28.9 Å². The van der Waals surface area contributed by atoms with Gasteiger partial charge in [0.1, 0.15) is 11.5 Å². The Morgan fingerprint density at radius 1 is 0.969 bits per heavy atom. The first-order chi connectivity index (χ1) is 15.4. The number of carbonyl (C=O) groups is 2. The summed E-state index contributed by atoms with van der Waals surface area (Å²) >= 11 is 0. The molecule has 9 heteroatoms. The van der Waals surface area contributed by atoms with Crippen molar-refractivity contribution < 1.29 is 14.0 Å². The lowest BCUT2D eigenvalue weighted by Gasteiger charge is -2.18. The number of benzene rings is 2. The van der Waals surface area contributed by atoms with Crippen molar-refractivity contribution in [2.75, 3.05) is 23.7 Å². The van der Waals surface area contributed by atoms with Gasteiger partial charge in [0.25, 0.3) is 5.91 Å². The summed E-state index contributed by atoms with van der Waals surface area (Å²) in [5, 5.41) is 9.54.